The molecule has 0 radical (unpaired) electrons. The van der Waals surface area contributed by atoms with Gasteiger partial charge in [-0.2, -0.15) is 0 Å². The Morgan fingerprint density at radius 3 is 2.64 bits per heavy atom. The first-order valence-corrected chi connectivity index (χ1v) is 7.30. The van der Waals surface area contributed by atoms with Gasteiger partial charge in [0.25, 0.3) is 0 Å². The van der Waals surface area contributed by atoms with Crippen molar-refractivity contribution in [3.8, 4) is 5.75 Å². The third kappa shape index (κ3) is 3.39. The summed E-state index contributed by atoms with van der Waals surface area (Å²) in [7, 11) is 1.64. The van der Waals surface area contributed by atoms with Gasteiger partial charge in [-0.1, -0.05) is 17.3 Å². The fourth-order valence-electron chi connectivity index (χ4n) is 2.43. The first-order valence-electron chi connectivity index (χ1n) is 7.30. The van der Waals surface area contributed by atoms with Gasteiger partial charge in [0.15, 0.2) is 5.82 Å². The number of benzene rings is 1. The van der Waals surface area contributed by atoms with Crippen LogP contribution in [0.5, 0.6) is 5.75 Å². The second-order valence-corrected chi connectivity index (χ2v) is 5.51. The van der Waals surface area contributed by atoms with Crippen molar-refractivity contribution < 1.29 is 14.1 Å². The summed E-state index contributed by atoms with van der Waals surface area (Å²) >= 11 is 0. The molecule has 6 nitrogen and oxygen atoms in total. The zero-order chi connectivity index (χ0) is 15.5. The first kappa shape index (κ1) is 14.4. The molecule has 1 aromatic carbocycles. The predicted molar refractivity (Wildman–Crippen MR) is 81.9 cm³/mol. The molecule has 1 saturated carbocycles. The molecule has 22 heavy (non-hydrogen) atoms. The normalized spacial score (nSPS) is 15.2. The number of urea groups is 1. The fourth-order valence-corrected chi connectivity index (χ4v) is 2.43. The third-order valence-electron chi connectivity index (χ3n) is 3.72. The highest BCUT2D eigenvalue weighted by molar-refractivity contribution is 5.88. The average Bonchev–Trinajstić information content (AvgIpc) is 3.28. The number of rotatable bonds is 5. The Kier molecular flexibility index (Phi) is 4.00. The highest BCUT2D eigenvalue weighted by atomic mass is 16.5. The molecule has 1 aliphatic carbocycles. The van der Waals surface area contributed by atoms with Crippen LogP contribution in [-0.2, 0) is 0 Å². The minimum atomic E-state index is -0.277. The number of hydrogen-bond donors (Lipinski definition) is 2. The fraction of sp³-hybridized carbons (Fsp3) is 0.375. The van der Waals surface area contributed by atoms with Crippen molar-refractivity contribution in [3.05, 3.63) is 41.7 Å². The lowest BCUT2D eigenvalue weighted by atomic mass is 10.0. The molecule has 0 saturated heterocycles. The van der Waals surface area contributed by atoms with E-state index in [-0.39, 0.29) is 12.1 Å². The zero-order valence-corrected chi connectivity index (χ0v) is 12.6. The van der Waals surface area contributed by atoms with E-state index in [2.05, 4.69) is 15.8 Å². The number of carbonyl (C=O) groups excluding carboxylic acids is 1. The van der Waals surface area contributed by atoms with E-state index in [0.29, 0.717) is 17.5 Å². The van der Waals surface area contributed by atoms with Crippen molar-refractivity contribution in [1.29, 1.82) is 0 Å². The summed E-state index contributed by atoms with van der Waals surface area (Å²) in [5.41, 5.74) is 1.08. The van der Waals surface area contributed by atoms with E-state index in [9.17, 15) is 4.79 Å². The Morgan fingerprint density at radius 1 is 1.36 bits per heavy atom. The molecule has 0 aliphatic heterocycles. The van der Waals surface area contributed by atoms with E-state index >= 15 is 0 Å². The van der Waals surface area contributed by atoms with Crippen LogP contribution in [0.25, 0.3) is 0 Å². The number of aromatic nitrogens is 1. The van der Waals surface area contributed by atoms with Crippen molar-refractivity contribution in [1.82, 2.24) is 10.5 Å². The number of carbonyl (C=O) groups is 1. The van der Waals surface area contributed by atoms with Crippen molar-refractivity contribution in [2.75, 3.05) is 12.4 Å². The van der Waals surface area contributed by atoms with Gasteiger partial charge in [0.2, 0.25) is 0 Å². The number of amides is 2. The lowest BCUT2D eigenvalue weighted by molar-refractivity contribution is 0.247. The number of hydrogen-bond acceptors (Lipinski definition) is 4. The van der Waals surface area contributed by atoms with Gasteiger partial charge in [0, 0.05) is 6.07 Å². The smallest absolute Gasteiger partial charge is 0.320 e. The van der Waals surface area contributed by atoms with Gasteiger partial charge in [0.1, 0.15) is 11.5 Å². The lowest BCUT2D eigenvalue weighted by Crippen LogP contribution is -2.33. The van der Waals surface area contributed by atoms with Crippen molar-refractivity contribution in [2.45, 2.75) is 25.8 Å². The largest absolute Gasteiger partial charge is 0.497 e. The molecule has 116 valence electrons. The number of methoxy groups -OCH3 is 1. The summed E-state index contributed by atoms with van der Waals surface area (Å²) in [5.74, 6) is 2.36. The maximum atomic E-state index is 12.1. The second kappa shape index (κ2) is 6.09. The monoisotopic (exact) mass is 301 g/mol. The van der Waals surface area contributed by atoms with Crippen LogP contribution in [-0.4, -0.2) is 18.3 Å². The second-order valence-electron chi connectivity index (χ2n) is 5.51. The Hall–Kier alpha value is -2.50. The molecule has 6 heteroatoms. The number of nitrogens with zero attached hydrogens (tertiary/aromatic N) is 1. The van der Waals surface area contributed by atoms with E-state index in [4.69, 9.17) is 9.26 Å². The summed E-state index contributed by atoms with van der Waals surface area (Å²) in [4.78, 5) is 12.1. The SMILES string of the molecule is COc1ccc(C(NC(=O)Nc2cc(C)on2)C2CC2)cc1. The molecule has 1 aromatic heterocycles. The van der Waals surface area contributed by atoms with E-state index in [1.165, 1.54) is 0 Å². The van der Waals surface area contributed by atoms with Gasteiger partial charge >= 0.3 is 6.03 Å². The Labute approximate surface area is 128 Å². The van der Waals surface area contributed by atoms with Gasteiger partial charge in [-0.15, -0.1) is 0 Å². The number of anilines is 1. The van der Waals surface area contributed by atoms with E-state index in [0.717, 1.165) is 24.2 Å². The van der Waals surface area contributed by atoms with Crippen LogP contribution in [0.4, 0.5) is 10.6 Å². The average molecular weight is 301 g/mol. The van der Waals surface area contributed by atoms with Gasteiger partial charge < -0.3 is 14.6 Å². The lowest BCUT2D eigenvalue weighted by Gasteiger charge is -2.19. The highest BCUT2D eigenvalue weighted by Crippen LogP contribution is 2.41. The Bertz CT molecular complexity index is 647. The number of aryl methyl sites for hydroxylation is 1. The molecular formula is C16H19N3O3. The van der Waals surface area contributed by atoms with Crippen LogP contribution in [0, 0.1) is 12.8 Å². The third-order valence-corrected chi connectivity index (χ3v) is 3.72. The molecule has 2 amide bonds. The molecule has 1 unspecified atom stereocenters. The van der Waals surface area contributed by atoms with E-state index in [1.54, 1.807) is 20.1 Å². The summed E-state index contributed by atoms with van der Waals surface area (Å²) in [6.07, 6.45) is 2.25. The van der Waals surface area contributed by atoms with Crippen molar-refractivity contribution in [3.63, 3.8) is 0 Å². The zero-order valence-electron chi connectivity index (χ0n) is 12.6. The van der Waals surface area contributed by atoms with Crippen LogP contribution in [0.15, 0.2) is 34.9 Å². The molecule has 1 atom stereocenters. The maximum Gasteiger partial charge on any atom is 0.320 e. The van der Waals surface area contributed by atoms with E-state index in [1.807, 2.05) is 24.3 Å². The highest BCUT2D eigenvalue weighted by Gasteiger charge is 2.33. The quantitative estimate of drug-likeness (QED) is 0.888. The Morgan fingerprint density at radius 2 is 2.09 bits per heavy atom. The summed E-state index contributed by atoms with van der Waals surface area (Å²) < 4.78 is 10.1. The number of nitrogens with one attached hydrogen (secondary N) is 2. The van der Waals surface area contributed by atoms with Crippen LogP contribution in [0.3, 0.4) is 0 Å². The standard InChI is InChI=1S/C16H19N3O3/c1-10-9-14(19-22-10)17-16(20)18-15(11-3-4-11)12-5-7-13(21-2)8-6-12/h5-9,11,15H,3-4H2,1-2H3,(H2,17,18,19,20). The Balaban J connectivity index is 1.67. The minimum Gasteiger partial charge on any atom is -0.497 e. The molecule has 0 spiro atoms. The summed E-state index contributed by atoms with van der Waals surface area (Å²) in [5, 5.41) is 9.46. The molecule has 1 fully saturated rings. The molecular weight excluding hydrogens is 282 g/mol. The summed E-state index contributed by atoms with van der Waals surface area (Å²) in [6, 6.07) is 9.19. The van der Waals surface area contributed by atoms with Crippen LogP contribution in [0.1, 0.15) is 30.2 Å². The van der Waals surface area contributed by atoms with Crippen LogP contribution in [0.2, 0.25) is 0 Å². The maximum absolute atomic E-state index is 12.1. The first-order chi connectivity index (χ1) is 10.7. The van der Waals surface area contributed by atoms with E-state index < -0.39 is 0 Å². The molecule has 2 aromatic rings. The topological polar surface area (TPSA) is 76.4 Å². The van der Waals surface area contributed by atoms with Crippen LogP contribution < -0.4 is 15.4 Å². The molecule has 2 N–H and O–H groups in total. The predicted octanol–water partition coefficient (Wildman–Crippen LogP) is 3.26. The van der Waals surface area contributed by atoms with Crippen molar-refractivity contribution >= 4 is 11.8 Å². The molecule has 1 heterocycles. The number of ether oxygens (including phenoxy) is 1. The van der Waals surface area contributed by atoms with Gasteiger partial charge in [0.05, 0.1) is 13.2 Å². The summed E-state index contributed by atoms with van der Waals surface area (Å²) in [6.45, 7) is 1.78. The molecule has 0 bridgehead atoms. The van der Waals surface area contributed by atoms with Crippen molar-refractivity contribution in [2.24, 2.45) is 5.92 Å². The van der Waals surface area contributed by atoms with Crippen LogP contribution >= 0.6 is 0 Å². The molecule has 3 rings (SSSR count). The minimum absolute atomic E-state index is 0.00101. The van der Waals surface area contributed by atoms with Gasteiger partial charge in [-0.05, 0) is 43.4 Å². The van der Waals surface area contributed by atoms with Gasteiger partial charge in [-0.3, -0.25) is 5.32 Å². The molecule has 1 aliphatic rings. The van der Waals surface area contributed by atoms with Gasteiger partial charge in [-0.25, -0.2) is 4.79 Å².